The first kappa shape index (κ1) is 19.9. The van der Waals surface area contributed by atoms with Crippen molar-refractivity contribution >= 4 is 11.9 Å². The lowest BCUT2D eigenvalue weighted by Crippen LogP contribution is -2.22. The molecule has 1 saturated carbocycles. The average Bonchev–Trinajstić information content (AvgIpc) is 3.45. The van der Waals surface area contributed by atoms with Crippen LogP contribution in [0, 0.1) is 29.1 Å². The summed E-state index contributed by atoms with van der Waals surface area (Å²) in [4.78, 5) is 2.50. The highest BCUT2D eigenvalue weighted by molar-refractivity contribution is 7.97. The Bertz CT molecular complexity index is 837. The Balaban J connectivity index is 1.94. The van der Waals surface area contributed by atoms with Gasteiger partial charge < -0.3 is 0 Å². The molecule has 3 rings (SSSR count). The number of nitrogens with zero attached hydrogens (tertiary/aromatic N) is 2. The van der Waals surface area contributed by atoms with Crippen molar-refractivity contribution in [3.63, 3.8) is 0 Å². The summed E-state index contributed by atoms with van der Waals surface area (Å²) < 4.78 is 108. The fourth-order valence-electron chi connectivity index (χ4n) is 2.35. The molecule has 1 aromatic carbocycles. The molecule has 0 atom stereocenters. The van der Waals surface area contributed by atoms with E-state index in [-0.39, 0.29) is 18.0 Å². The van der Waals surface area contributed by atoms with Gasteiger partial charge in [-0.05, 0) is 36.9 Å². The number of halogens is 8. The lowest BCUT2D eigenvalue weighted by molar-refractivity contribution is -0.138. The number of aromatic nitrogens is 1. The van der Waals surface area contributed by atoms with E-state index >= 15 is 0 Å². The third-order valence-corrected chi connectivity index (χ3v) is 5.04. The van der Waals surface area contributed by atoms with Crippen LogP contribution in [0.15, 0.2) is 23.2 Å². The molecule has 1 aliphatic carbocycles. The van der Waals surface area contributed by atoms with Gasteiger partial charge >= 0.3 is 6.18 Å². The van der Waals surface area contributed by atoms with Gasteiger partial charge in [0, 0.05) is 12.2 Å². The fourth-order valence-corrected chi connectivity index (χ4v) is 3.47. The van der Waals surface area contributed by atoms with Gasteiger partial charge in [0.2, 0.25) is 5.82 Å². The monoisotopic (exact) mass is 414 g/mol. The molecule has 1 fully saturated rings. The van der Waals surface area contributed by atoms with Gasteiger partial charge in [0.1, 0.15) is 4.90 Å². The molecule has 0 N–H and O–H groups in total. The first-order valence-electron chi connectivity index (χ1n) is 7.58. The Morgan fingerprint density at radius 3 is 2.04 bits per heavy atom. The van der Waals surface area contributed by atoms with Crippen LogP contribution in [0.1, 0.15) is 24.1 Å². The fraction of sp³-hybridized carbons (Fsp3) is 0.312. The Hall–Kier alpha value is -1.88. The second kappa shape index (κ2) is 7.27. The minimum atomic E-state index is -4.70. The molecule has 1 heterocycles. The molecule has 0 unspecified atom stereocenters. The minimum Gasteiger partial charge on any atom is -0.259 e. The largest absolute Gasteiger partial charge is 0.418 e. The third kappa shape index (κ3) is 4.03. The van der Waals surface area contributed by atoms with E-state index in [1.54, 1.807) is 0 Å². The van der Waals surface area contributed by atoms with E-state index < -0.39 is 58.0 Å². The highest BCUT2D eigenvalue weighted by Gasteiger charge is 2.38. The molecule has 27 heavy (non-hydrogen) atoms. The number of pyridine rings is 1. The molecule has 0 amide bonds. The van der Waals surface area contributed by atoms with E-state index in [1.165, 1.54) is 0 Å². The summed E-state index contributed by atoms with van der Waals surface area (Å²) in [7, 11) is 0. The van der Waals surface area contributed by atoms with Gasteiger partial charge in [-0.25, -0.2) is 26.3 Å². The lowest BCUT2D eigenvalue weighted by Gasteiger charge is -2.22. The maximum absolute atomic E-state index is 13.9. The zero-order chi connectivity index (χ0) is 19.9. The molecule has 0 saturated heterocycles. The van der Waals surface area contributed by atoms with Crippen molar-refractivity contribution < 1.29 is 35.1 Å². The van der Waals surface area contributed by atoms with Crippen LogP contribution in [0.25, 0.3) is 0 Å². The van der Waals surface area contributed by atoms with Crippen LogP contribution in [0.5, 0.6) is 0 Å². The maximum atomic E-state index is 13.9. The van der Waals surface area contributed by atoms with Gasteiger partial charge in [0.25, 0.3) is 0 Å². The Morgan fingerprint density at radius 1 is 0.963 bits per heavy atom. The van der Waals surface area contributed by atoms with Crippen LogP contribution in [0.3, 0.4) is 0 Å². The van der Waals surface area contributed by atoms with Gasteiger partial charge in [-0.1, -0.05) is 0 Å². The predicted molar refractivity (Wildman–Crippen MR) is 79.9 cm³/mol. The number of rotatable bonds is 5. The van der Waals surface area contributed by atoms with Gasteiger partial charge in [0.05, 0.1) is 17.8 Å². The van der Waals surface area contributed by atoms with Crippen molar-refractivity contribution in [1.29, 1.82) is 0 Å². The normalized spacial score (nSPS) is 14.9. The van der Waals surface area contributed by atoms with Crippen LogP contribution in [0.2, 0.25) is 0 Å². The van der Waals surface area contributed by atoms with Crippen molar-refractivity contribution in [2.24, 2.45) is 0 Å². The van der Waals surface area contributed by atoms with E-state index in [4.69, 9.17) is 0 Å². The van der Waals surface area contributed by atoms with Gasteiger partial charge in [-0.3, -0.25) is 4.98 Å². The number of hydrogen-bond acceptors (Lipinski definition) is 3. The molecule has 11 heteroatoms. The van der Waals surface area contributed by atoms with Gasteiger partial charge in [-0.2, -0.15) is 13.2 Å². The summed E-state index contributed by atoms with van der Waals surface area (Å²) in [5, 5.41) is 0. The molecule has 0 aliphatic heterocycles. The van der Waals surface area contributed by atoms with E-state index in [0.717, 1.165) is 22.6 Å². The standard InChI is InChI=1S/C16H10F8N2S/c17-10-11(18)13(20)15(14(21)12(10)19)27-26(7-3-4-7)6-9-8(16(22,23)24)2-1-5-25-9/h1-2,5,7H,3-4,6H2. The zero-order valence-corrected chi connectivity index (χ0v) is 14.1. The molecular weight excluding hydrogens is 404 g/mol. The molecule has 146 valence electrons. The number of benzene rings is 1. The van der Waals surface area contributed by atoms with Crippen LogP contribution >= 0.6 is 11.9 Å². The highest BCUT2D eigenvalue weighted by atomic mass is 32.2. The summed E-state index contributed by atoms with van der Waals surface area (Å²) in [6.07, 6.45) is -2.56. The minimum absolute atomic E-state index is 0.193. The molecule has 1 aliphatic rings. The smallest absolute Gasteiger partial charge is 0.259 e. The quantitative estimate of drug-likeness (QED) is 0.280. The number of hydrogen-bond donors (Lipinski definition) is 0. The lowest BCUT2D eigenvalue weighted by atomic mass is 10.2. The van der Waals surface area contributed by atoms with Gasteiger partial charge in [0.15, 0.2) is 23.3 Å². The van der Waals surface area contributed by atoms with Crippen molar-refractivity contribution in [3.05, 3.63) is 58.7 Å². The first-order chi connectivity index (χ1) is 12.6. The van der Waals surface area contributed by atoms with Crippen LogP contribution in [-0.2, 0) is 12.7 Å². The third-order valence-electron chi connectivity index (χ3n) is 3.83. The Morgan fingerprint density at radius 2 is 1.52 bits per heavy atom. The summed E-state index contributed by atoms with van der Waals surface area (Å²) in [5.41, 5.74) is -1.44. The van der Waals surface area contributed by atoms with Crippen LogP contribution in [0.4, 0.5) is 35.1 Å². The van der Waals surface area contributed by atoms with E-state index in [1.807, 2.05) is 0 Å². The SMILES string of the molecule is Fc1c(F)c(F)c(SN(Cc2ncccc2C(F)(F)F)C2CC2)c(F)c1F. The molecule has 0 bridgehead atoms. The summed E-state index contributed by atoms with van der Waals surface area (Å²) in [5.74, 6) is -10.6. The second-order valence-electron chi connectivity index (χ2n) is 5.79. The molecule has 2 aromatic rings. The Kier molecular flexibility index (Phi) is 5.35. The summed E-state index contributed by atoms with van der Waals surface area (Å²) in [6, 6.07) is 1.52. The zero-order valence-electron chi connectivity index (χ0n) is 13.3. The topological polar surface area (TPSA) is 16.1 Å². The molecule has 0 spiro atoms. The summed E-state index contributed by atoms with van der Waals surface area (Å²) in [6.45, 7) is -0.482. The highest BCUT2D eigenvalue weighted by Crippen LogP contribution is 2.41. The predicted octanol–water partition coefficient (Wildman–Crippen LogP) is 5.47. The average molecular weight is 414 g/mol. The maximum Gasteiger partial charge on any atom is 0.418 e. The molecule has 2 nitrogen and oxygen atoms in total. The van der Waals surface area contributed by atoms with E-state index in [0.29, 0.717) is 12.8 Å². The van der Waals surface area contributed by atoms with E-state index in [9.17, 15) is 35.1 Å². The molecular formula is C16H10F8N2S. The second-order valence-corrected chi connectivity index (χ2v) is 6.85. The van der Waals surface area contributed by atoms with Gasteiger partial charge in [-0.15, -0.1) is 0 Å². The van der Waals surface area contributed by atoms with Crippen molar-refractivity contribution in [2.75, 3.05) is 0 Å². The Labute approximate surface area is 152 Å². The van der Waals surface area contributed by atoms with Crippen molar-refractivity contribution in [2.45, 2.75) is 36.5 Å². The molecule has 0 radical (unpaired) electrons. The van der Waals surface area contributed by atoms with Crippen molar-refractivity contribution in [1.82, 2.24) is 9.29 Å². The van der Waals surface area contributed by atoms with E-state index in [2.05, 4.69) is 4.98 Å². The van der Waals surface area contributed by atoms with Crippen LogP contribution < -0.4 is 0 Å². The van der Waals surface area contributed by atoms with Crippen molar-refractivity contribution in [3.8, 4) is 0 Å². The van der Waals surface area contributed by atoms with Crippen LogP contribution in [-0.4, -0.2) is 15.3 Å². The molecule has 1 aromatic heterocycles. The number of alkyl halides is 3. The summed E-state index contributed by atoms with van der Waals surface area (Å²) >= 11 is 0.193. The first-order valence-corrected chi connectivity index (χ1v) is 8.35.